The van der Waals surface area contributed by atoms with E-state index in [2.05, 4.69) is 4.98 Å². The highest BCUT2D eigenvalue weighted by molar-refractivity contribution is 5.89. The van der Waals surface area contributed by atoms with E-state index in [-0.39, 0.29) is 17.3 Å². The summed E-state index contributed by atoms with van der Waals surface area (Å²) >= 11 is 0. The average Bonchev–Trinajstić information content (AvgIpc) is 2.81. The van der Waals surface area contributed by atoms with Crippen LogP contribution in [0, 0.1) is 6.92 Å². The normalized spacial score (nSPS) is 16.2. The zero-order valence-electron chi connectivity index (χ0n) is 14.3. The minimum Gasteiger partial charge on any atom is -0.487 e. The smallest absolute Gasteiger partial charge is 0.335 e. The van der Waals surface area contributed by atoms with E-state index in [1.54, 1.807) is 18.3 Å². The maximum atomic E-state index is 11.4. The van der Waals surface area contributed by atoms with Gasteiger partial charge >= 0.3 is 5.97 Å². The summed E-state index contributed by atoms with van der Waals surface area (Å²) in [6.45, 7) is 7.85. The van der Waals surface area contributed by atoms with Gasteiger partial charge in [0.15, 0.2) is 0 Å². The van der Waals surface area contributed by atoms with E-state index in [4.69, 9.17) is 9.47 Å². The molecule has 0 aliphatic carbocycles. The van der Waals surface area contributed by atoms with Crippen LogP contribution in [-0.2, 0) is 6.42 Å². The quantitative estimate of drug-likeness (QED) is 0.921. The van der Waals surface area contributed by atoms with Crippen LogP contribution in [0.1, 0.15) is 54.1 Å². The number of hydrogen-bond acceptors (Lipinski definition) is 4. The maximum absolute atomic E-state index is 11.4. The van der Waals surface area contributed by atoms with E-state index in [1.807, 2.05) is 39.8 Å². The van der Waals surface area contributed by atoms with Crippen LogP contribution in [0.5, 0.6) is 11.5 Å². The van der Waals surface area contributed by atoms with E-state index in [9.17, 15) is 9.90 Å². The fourth-order valence-corrected chi connectivity index (χ4v) is 2.91. The zero-order chi connectivity index (χ0) is 17.5. The highest BCUT2D eigenvalue weighted by Crippen LogP contribution is 2.42. The van der Waals surface area contributed by atoms with Gasteiger partial charge in [-0.1, -0.05) is 0 Å². The summed E-state index contributed by atoms with van der Waals surface area (Å²) in [4.78, 5) is 15.7. The van der Waals surface area contributed by atoms with Gasteiger partial charge in [0.1, 0.15) is 23.2 Å². The molecule has 3 rings (SSSR count). The van der Waals surface area contributed by atoms with Crippen LogP contribution in [0.25, 0.3) is 0 Å². The predicted molar refractivity (Wildman–Crippen MR) is 89.8 cm³/mol. The molecule has 5 heteroatoms. The number of hydrogen-bond donors (Lipinski definition) is 1. The summed E-state index contributed by atoms with van der Waals surface area (Å²) in [5.41, 5.74) is 2.60. The molecule has 0 saturated heterocycles. The van der Waals surface area contributed by atoms with Crippen molar-refractivity contribution in [3.63, 3.8) is 0 Å². The van der Waals surface area contributed by atoms with Crippen molar-refractivity contribution >= 4 is 5.97 Å². The van der Waals surface area contributed by atoms with Gasteiger partial charge in [0, 0.05) is 18.2 Å². The number of carbonyl (C=O) groups is 1. The van der Waals surface area contributed by atoms with E-state index < -0.39 is 5.97 Å². The van der Waals surface area contributed by atoms with Crippen LogP contribution in [0.15, 0.2) is 30.5 Å². The van der Waals surface area contributed by atoms with Crippen molar-refractivity contribution < 1.29 is 19.4 Å². The number of nitrogens with zero attached hydrogens (tertiary/aromatic N) is 1. The number of ether oxygens (including phenoxy) is 2. The Labute approximate surface area is 141 Å². The number of aromatic carboxylic acids is 1. The monoisotopic (exact) mass is 327 g/mol. The van der Waals surface area contributed by atoms with E-state index in [0.717, 1.165) is 16.8 Å². The topological polar surface area (TPSA) is 68.7 Å². The van der Waals surface area contributed by atoms with Gasteiger partial charge in [-0.3, -0.25) is 4.98 Å². The lowest BCUT2D eigenvalue weighted by molar-refractivity contribution is 0.0694. The summed E-state index contributed by atoms with van der Waals surface area (Å²) in [6, 6.07) is 7.02. The number of carboxylic acid groups (broad SMARTS) is 1. The largest absolute Gasteiger partial charge is 0.487 e. The Morgan fingerprint density at radius 2 is 2.12 bits per heavy atom. The standard InChI is InChI=1S/C19H21NO4/c1-11-5-6-20-15(7-11)12(2)23-16-8-13(18(21)22)9-17-14(16)10-19(3,4)24-17/h5-9,12H,10H2,1-4H3,(H,21,22). The van der Waals surface area contributed by atoms with Crippen molar-refractivity contribution in [3.05, 3.63) is 52.8 Å². The Morgan fingerprint density at radius 3 is 2.79 bits per heavy atom. The fraction of sp³-hybridized carbons (Fsp3) is 0.368. The predicted octanol–water partition coefficient (Wildman–Crippen LogP) is 3.94. The lowest BCUT2D eigenvalue weighted by Crippen LogP contribution is -2.24. The van der Waals surface area contributed by atoms with Crippen LogP contribution in [0.4, 0.5) is 0 Å². The van der Waals surface area contributed by atoms with E-state index in [1.165, 1.54) is 0 Å². The number of aromatic nitrogens is 1. The van der Waals surface area contributed by atoms with Gasteiger partial charge in [0.25, 0.3) is 0 Å². The van der Waals surface area contributed by atoms with Gasteiger partial charge in [-0.25, -0.2) is 4.79 Å². The molecule has 2 aromatic rings. The molecule has 0 spiro atoms. The summed E-state index contributed by atoms with van der Waals surface area (Å²) in [6.07, 6.45) is 2.13. The summed E-state index contributed by atoms with van der Waals surface area (Å²) in [7, 11) is 0. The maximum Gasteiger partial charge on any atom is 0.335 e. The molecule has 2 heterocycles. The molecule has 1 atom stereocenters. The molecule has 1 aliphatic rings. The molecule has 1 unspecified atom stereocenters. The molecular weight excluding hydrogens is 306 g/mol. The second-order valence-corrected chi connectivity index (χ2v) is 6.81. The van der Waals surface area contributed by atoms with E-state index in [0.29, 0.717) is 17.9 Å². The number of pyridine rings is 1. The van der Waals surface area contributed by atoms with Gasteiger partial charge in [0.2, 0.25) is 0 Å². The highest BCUT2D eigenvalue weighted by Gasteiger charge is 2.34. The highest BCUT2D eigenvalue weighted by atomic mass is 16.5. The van der Waals surface area contributed by atoms with Crippen LogP contribution >= 0.6 is 0 Å². The van der Waals surface area contributed by atoms with Crippen molar-refractivity contribution in [2.75, 3.05) is 0 Å². The first-order valence-electron chi connectivity index (χ1n) is 7.93. The number of aryl methyl sites for hydroxylation is 1. The van der Waals surface area contributed by atoms with Crippen molar-refractivity contribution in [3.8, 4) is 11.5 Å². The second-order valence-electron chi connectivity index (χ2n) is 6.81. The Balaban J connectivity index is 1.97. The number of rotatable bonds is 4. The minimum absolute atomic E-state index is 0.158. The van der Waals surface area contributed by atoms with Crippen molar-refractivity contribution in [2.45, 2.75) is 45.8 Å². The first kappa shape index (κ1) is 16.3. The lowest BCUT2D eigenvalue weighted by atomic mass is 9.99. The third-order valence-corrected chi connectivity index (χ3v) is 4.06. The molecule has 0 fully saturated rings. The molecule has 24 heavy (non-hydrogen) atoms. The van der Waals surface area contributed by atoms with Gasteiger partial charge in [-0.05, 0) is 57.5 Å². The van der Waals surface area contributed by atoms with Crippen molar-refractivity contribution in [2.24, 2.45) is 0 Å². The molecule has 1 aromatic heterocycles. The fourth-order valence-electron chi connectivity index (χ4n) is 2.91. The average molecular weight is 327 g/mol. The Kier molecular flexibility index (Phi) is 3.95. The molecule has 0 amide bonds. The SMILES string of the molecule is Cc1ccnc(C(C)Oc2cc(C(=O)O)cc3c2CC(C)(C)O3)c1. The molecule has 0 saturated carbocycles. The van der Waals surface area contributed by atoms with Crippen molar-refractivity contribution in [1.29, 1.82) is 0 Å². The third-order valence-electron chi connectivity index (χ3n) is 4.06. The molecule has 5 nitrogen and oxygen atoms in total. The Morgan fingerprint density at radius 1 is 1.38 bits per heavy atom. The van der Waals surface area contributed by atoms with Gasteiger partial charge in [-0.2, -0.15) is 0 Å². The minimum atomic E-state index is -1.00. The summed E-state index contributed by atoms with van der Waals surface area (Å²) in [5.74, 6) is 0.128. The lowest BCUT2D eigenvalue weighted by Gasteiger charge is -2.17. The summed E-state index contributed by atoms with van der Waals surface area (Å²) in [5, 5.41) is 9.33. The number of fused-ring (bicyclic) bond motifs is 1. The first-order valence-corrected chi connectivity index (χ1v) is 7.93. The van der Waals surface area contributed by atoms with Gasteiger partial charge < -0.3 is 14.6 Å². The molecule has 1 aliphatic heterocycles. The summed E-state index contributed by atoms with van der Waals surface area (Å²) < 4.78 is 11.9. The molecule has 1 aromatic carbocycles. The van der Waals surface area contributed by atoms with E-state index >= 15 is 0 Å². The first-order chi connectivity index (χ1) is 11.2. The van der Waals surface area contributed by atoms with Gasteiger partial charge in [0.05, 0.1) is 11.3 Å². The second kappa shape index (κ2) is 5.82. The number of benzene rings is 1. The molecule has 0 bridgehead atoms. The molecule has 1 N–H and O–H groups in total. The molecule has 0 radical (unpaired) electrons. The zero-order valence-corrected chi connectivity index (χ0v) is 14.3. The Hall–Kier alpha value is -2.56. The van der Waals surface area contributed by atoms with Crippen LogP contribution in [-0.4, -0.2) is 21.7 Å². The van der Waals surface area contributed by atoms with Crippen molar-refractivity contribution in [1.82, 2.24) is 4.98 Å². The Bertz CT molecular complexity index is 798. The molecular formula is C19H21NO4. The van der Waals surface area contributed by atoms with Crippen LogP contribution in [0.3, 0.4) is 0 Å². The van der Waals surface area contributed by atoms with Crippen LogP contribution in [0.2, 0.25) is 0 Å². The van der Waals surface area contributed by atoms with Crippen LogP contribution < -0.4 is 9.47 Å². The number of carboxylic acids is 1. The molecule has 126 valence electrons. The van der Waals surface area contributed by atoms with Gasteiger partial charge in [-0.15, -0.1) is 0 Å². The third kappa shape index (κ3) is 3.20.